The molecule has 28 heavy (non-hydrogen) atoms. The number of carbonyl (C=O) groups is 2. The van der Waals surface area contributed by atoms with Crippen molar-refractivity contribution in [3.63, 3.8) is 0 Å². The van der Waals surface area contributed by atoms with Gasteiger partial charge in [-0.25, -0.2) is 9.97 Å². The lowest BCUT2D eigenvalue weighted by Crippen LogP contribution is -2.08. The molecule has 0 spiro atoms. The highest BCUT2D eigenvalue weighted by Crippen LogP contribution is 2.30. The van der Waals surface area contributed by atoms with E-state index in [1.165, 1.54) is 23.5 Å². The van der Waals surface area contributed by atoms with Crippen molar-refractivity contribution in [2.24, 2.45) is 0 Å². The van der Waals surface area contributed by atoms with Gasteiger partial charge in [-0.05, 0) is 19.9 Å². The number of thioether (sulfide) groups is 2. The molecule has 0 saturated carbocycles. The van der Waals surface area contributed by atoms with Crippen LogP contribution in [0.1, 0.15) is 13.8 Å². The van der Waals surface area contributed by atoms with Crippen molar-refractivity contribution in [3.05, 3.63) is 24.3 Å². The van der Waals surface area contributed by atoms with Gasteiger partial charge in [-0.15, -0.1) is 10.2 Å². The molecule has 0 aliphatic rings. The van der Waals surface area contributed by atoms with E-state index in [-0.39, 0.29) is 23.4 Å². The summed E-state index contributed by atoms with van der Waals surface area (Å²) in [5, 5.41) is 10.2. The number of carbonyl (C=O) groups excluding carboxylic acids is 2. The molecule has 0 bridgehead atoms. The van der Waals surface area contributed by atoms with E-state index in [9.17, 15) is 9.59 Å². The predicted octanol–water partition coefficient (Wildman–Crippen LogP) is 2.88. The monoisotopic (exact) mass is 418 g/mol. The molecular weight excluding hydrogens is 400 g/mol. The van der Waals surface area contributed by atoms with Crippen molar-refractivity contribution in [3.8, 4) is 0 Å². The first-order chi connectivity index (χ1) is 13.6. The summed E-state index contributed by atoms with van der Waals surface area (Å²) in [7, 11) is 0. The van der Waals surface area contributed by atoms with Gasteiger partial charge in [-0.1, -0.05) is 41.7 Å². The molecule has 0 aliphatic carbocycles. The van der Waals surface area contributed by atoms with Crippen molar-refractivity contribution in [1.82, 2.24) is 20.2 Å². The Bertz CT molecular complexity index is 1020. The number of ether oxygens (including phenoxy) is 2. The molecule has 0 fully saturated rings. The topological polar surface area (TPSA) is 104 Å². The van der Waals surface area contributed by atoms with Crippen molar-refractivity contribution in [1.29, 1.82) is 0 Å². The van der Waals surface area contributed by atoms with Crippen LogP contribution in [0.5, 0.6) is 0 Å². The number of esters is 2. The average Bonchev–Trinajstić information content (AvgIpc) is 2.70. The largest absolute Gasteiger partial charge is 0.465 e. The van der Waals surface area contributed by atoms with Crippen LogP contribution >= 0.6 is 23.5 Å². The Hall–Kier alpha value is -2.46. The molecule has 3 aromatic rings. The number of aromatic nitrogens is 4. The lowest BCUT2D eigenvalue weighted by atomic mass is 10.2. The number of benzene rings is 1. The van der Waals surface area contributed by atoms with Gasteiger partial charge in [0.2, 0.25) is 0 Å². The van der Waals surface area contributed by atoms with Gasteiger partial charge in [0.05, 0.1) is 30.2 Å². The Kier molecular flexibility index (Phi) is 6.99. The molecule has 0 atom stereocenters. The fraction of sp³-hybridized carbons (Fsp3) is 0.333. The Balaban J connectivity index is 1.99. The lowest BCUT2D eigenvalue weighted by molar-refractivity contribution is -0.140. The maximum absolute atomic E-state index is 11.7. The minimum absolute atomic E-state index is 0.0937. The van der Waals surface area contributed by atoms with E-state index in [4.69, 9.17) is 9.47 Å². The van der Waals surface area contributed by atoms with Crippen LogP contribution in [0.2, 0.25) is 0 Å². The summed E-state index contributed by atoms with van der Waals surface area (Å²) < 4.78 is 9.93. The van der Waals surface area contributed by atoms with Gasteiger partial charge in [-0.2, -0.15) is 0 Å². The minimum Gasteiger partial charge on any atom is -0.465 e. The number of hydrogen-bond acceptors (Lipinski definition) is 10. The third-order valence-electron chi connectivity index (χ3n) is 3.50. The van der Waals surface area contributed by atoms with Gasteiger partial charge < -0.3 is 9.47 Å². The molecule has 0 aliphatic heterocycles. The molecule has 0 N–H and O–H groups in total. The summed E-state index contributed by atoms with van der Waals surface area (Å²) in [6.07, 6.45) is 0. The average molecular weight is 419 g/mol. The Morgan fingerprint density at radius 1 is 0.893 bits per heavy atom. The van der Waals surface area contributed by atoms with Crippen LogP contribution in [-0.2, 0) is 19.1 Å². The smallest absolute Gasteiger partial charge is 0.316 e. The highest BCUT2D eigenvalue weighted by Gasteiger charge is 2.16. The summed E-state index contributed by atoms with van der Waals surface area (Å²) in [6.45, 7) is 4.14. The Morgan fingerprint density at radius 3 is 2.29 bits per heavy atom. The van der Waals surface area contributed by atoms with Crippen LogP contribution in [0.15, 0.2) is 34.4 Å². The first kappa shape index (κ1) is 20.3. The normalized spacial score (nSPS) is 10.9. The molecule has 146 valence electrons. The van der Waals surface area contributed by atoms with Crippen LogP contribution in [0, 0.1) is 0 Å². The zero-order valence-electron chi connectivity index (χ0n) is 15.4. The van der Waals surface area contributed by atoms with Crippen LogP contribution in [0.3, 0.4) is 0 Å². The number of rotatable bonds is 8. The van der Waals surface area contributed by atoms with E-state index < -0.39 is 0 Å². The van der Waals surface area contributed by atoms with Crippen LogP contribution in [0.25, 0.3) is 21.9 Å². The summed E-state index contributed by atoms with van der Waals surface area (Å²) in [5.41, 5.74) is 1.84. The van der Waals surface area contributed by atoms with Crippen molar-refractivity contribution >= 4 is 57.4 Å². The number of fused-ring (bicyclic) bond motifs is 3. The first-order valence-corrected chi connectivity index (χ1v) is 10.6. The van der Waals surface area contributed by atoms with Gasteiger partial charge in [-0.3, -0.25) is 9.59 Å². The third kappa shape index (κ3) is 4.87. The molecule has 1 aromatic carbocycles. The molecule has 3 rings (SSSR count). The predicted molar refractivity (Wildman–Crippen MR) is 107 cm³/mol. The number of hydrogen-bond donors (Lipinski definition) is 0. The van der Waals surface area contributed by atoms with Gasteiger partial charge in [0, 0.05) is 5.39 Å². The van der Waals surface area contributed by atoms with E-state index in [2.05, 4.69) is 20.2 Å². The summed E-state index contributed by atoms with van der Waals surface area (Å²) in [4.78, 5) is 32.5. The fourth-order valence-electron chi connectivity index (χ4n) is 2.38. The van der Waals surface area contributed by atoms with Crippen LogP contribution in [-0.4, -0.2) is 56.8 Å². The van der Waals surface area contributed by atoms with E-state index in [0.717, 1.165) is 5.39 Å². The van der Waals surface area contributed by atoms with Crippen LogP contribution in [0.4, 0.5) is 0 Å². The van der Waals surface area contributed by atoms with Gasteiger partial charge in [0.1, 0.15) is 16.1 Å². The molecule has 0 saturated heterocycles. The van der Waals surface area contributed by atoms with Gasteiger partial charge >= 0.3 is 11.9 Å². The third-order valence-corrected chi connectivity index (χ3v) is 5.26. The molecule has 10 heteroatoms. The second-order valence-corrected chi connectivity index (χ2v) is 7.32. The van der Waals surface area contributed by atoms with Gasteiger partial charge in [0.25, 0.3) is 0 Å². The molecular formula is C18H18N4O4S2. The lowest BCUT2D eigenvalue weighted by Gasteiger charge is -2.09. The Morgan fingerprint density at radius 2 is 1.57 bits per heavy atom. The maximum atomic E-state index is 11.7. The minimum atomic E-state index is -0.339. The van der Waals surface area contributed by atoms with Crippen molar-refractivity contribution in [2.45, 2.75) is 24.0 Å². The zero-order valence-corrected chi connectivity index (χ0v) is 17.0. The highest BCUT2D eigenvalue weighted by atomic mass is 32.2. The summed E-state index contributed by atoms with van der Waals surface area (Å²) >= 11 is 2.38. The SMILES string of the molecule is CCOC(=O)CSc1nc(SCC(=O)OCC)c2nnc3ccccc3c2n1. The molecule has 2 aromatic heterocycles. The van der Waals surface area contributed by atoms with Crippen molar-refractivity contribution in [2.75, 3.05) is 24.7 Å². The van der Waals surface area contributed by atoms with Crippen LogP contribution < -0.4 is 0 Å². The first-order valence-electron chi connectivity index (χ1n) is 8.62. The second kappa shape index (κ2) is 9.65. The second-order valence-electron chi connectivity index (χ2n) is 5.41. The van der Waals surface area contributed by atoms with E-state index in [1.54, 1.807) is 13.8 Å². The molecule has 8 nitrogen and oxygen atoms in total. The summed E-state index contributed by atoms with van der Waals surface area (Å²) in [5.74, 6) is -0.489. The van der Waals surface area contributed by atoms with E-state index in [0.29, 0.717) is 39.9 Å². The Labute approximate surface area is 169 Å². The van der Waals surface area contributed by atoms with Crippen molar-refractivity contribution < 1.29 is 19.1 Å². The maximum Gasteiger partial charge on any atom is 0.316 e. The van der Waals surface area contributed by atoms with E-state index >= 15 is 0 Å². The quantitative estimate of drug-likeness (QED) is 0.178. The summed E-state index contributed by atoms with van der Waals surface area (Å²) in [6, 6.07) is 7.51. The number of nitrogens with zero attached hydrogens (tertiary/aromatic N) is 4. The highest BCUT2D eigenvalue weighted by molar-refractivity contribution is 8.00. The zero-order chi connectivity index (χ0) is 19.9. The molecule has 0 radical (unpaired) electrons. The standard InChI is InChI=1S/C18H18N4O4S2/c1-3-25-13(23)9-27-17-16-15(11-7-5-6-8-12(11)21-22-16)19-18(20-17)28-10-14(24)26-4-2/h5-8H,3-4,9-10H2,1-2H3. The van der Waals surface area contributed by atoms with E-state index in [1.807, 2.05) is 24.3 Å². The molecule has 0 amide bonds. The molecule has 2 heterocycles. The van der Waals surface area contributed by atoms with Gasteiger partial charge in [0.15, 0.2) is 5.16 Å². The molecule has 0 unspecified atom stereocenters. The fourth-order valence-corrected chi connectivity index (χ4v) is 3.84.